The fourth-order valence-corrected chi connectivity index (χ4v) is 1.48. The van der Waals surface area contributed by atoms with Crippen molar-refractivity contribution in [1.82, 2.24) is 4.98 Å². The maximum absolute atomic E-state index is 9.91. The van der Waals surface area contributed by atoms with E-state index in [1.807, 2.05) is 25.1 Å². The number of aliphatic hydroxyl groups is 1. The van der Waals surface area contributed by atoms with Gasteiger partial charge in [-0.05, 0) is 36.2 Å². The molecule has 0 aromatic carbocycles. The Labute approximate surface area is 88.4 Å². The molecule has 2 aromatic rings. The van der Waals surface area contributed by atoms with Crippen molar-refractivity contribution in [2.45, 2.75) is 19.4 Å². The Morgan fingerprint density at radius 3 is 3.00 bits per heavy atom. The fourth-order valence-electron chi connectivity index (χ4n) is 1.48. The quantitative estimate of drug-likeness (QED) is 0.832. The Bertz CT molecular complexity index is 423. The van der Waals surface area contributed by atoms with E-state index in [0.717, 1.165) is 11.1 Å². The van der Waals surface area contributed by atoms with Crippen LogP contribution in [-0.2, 0) is 6.42 Å². The topological polar surface area (TPSA) is 46.3 Å². The molecule has 1 unspecified atom stereocenters. The van der Waals surface area contributed by atoms with Gasteiger partial charge in [0, 0.05) is 12.6 Å². The third kappa shape index (κ3) is 2.44. The Kier molecular flexibility index (Phi) is 2.83. The van der Waals surface area contributed by atoms with Gasteiger partial charge in [-0.1, -0.05) is 0 Å². The Hall–Kier alpha value is -1.61. The molecule has 2 heterocycles. The monoisotopic (exact) mass is 203 g/mol. The van der Waals surface area contributed by atoms with Crippen molar-refractivity contribution < 1.29 is 9.52 Å². The third-order valence-electron chi connectivity index (χ3n) is 2.29. The molecule has 0 saturated heterocycles. The first kappa shape index (κ1) is 9.93. The second-order valence-corrected chi connectivity index (χ2v) is 3.61. The van der Waals surface area contributed by atoms with Gasteiger partial charge in [-0.2, -0.15) is 0 Å². The van der Waals surface area contributed by atoms with Crippen LogP contribution in [0.25, 0.3) is 0 Å². The second kappa shape index (κ2) is 4.28. The molecular formula is C12H13NO2. The first-order valence-corrected chi connectivity index (χ1v) is 4.87. The molecule has 0 amide bonds. The van der Waals surface area contributed by atoms with E-state index < -0.39 is 6.10 Å². The van der Waals surface area contributed by atoms with Gasteiger partial charge in [0.15, 0.2) is 0 Å². The minimum atomic E-state index is -0.567. The summed E-state index contributed by atoms with van der Waals surface area (Å²) in [7, 11) is 0. The summed E-state index contributed by atoms with van der Waals surface area (Å²) >= 11 is 0. The first-order chi connectivity index (χ1) is 7.25. The number of hydrogen-bond donors (Lipinski definition) is 1. The fraction of sp³-hybridized carbons (Fsp3) is 0.250. The number of aromatic nitrogens is 1. The van der Waals surface area contributed by atoms with E-state index in [2.05, 4.69) is 4.98 Å². The molecule has 0 radical (unpaired) electrons. The second-order valence-electron chi connectivity index (χ2n) is 3.61. The van der Waals surface area contributed by atoms with Crippen molar-refractivity contribution in [3.63, 3.8) is 0 Å². The van der Waals surface area contributed by atoms with Gasteiger partial charge in [0.05, 0.1) is 18.2 Å². The van der Waals surface area contributed by atoms with Crippen molar-refractivity contribution in [2.75, 3.05) is 0 Å². The highest BCUT2D eigenvalue weighted by Crippen LogP contribution is 2.17. The van der Waals surface area contributed by atoms with Gasteiger partial charge in [-0.3, -0.25) is 4.98 Å². The zero-order chi connectivity index (χ0) is 10.7. The first-order valence-electron chi connectivity index (χ1n) is 4.87. The predicted molar refractivity (Wildman–Crippen MR) is 56.3 cm³/mol. The SMILES string of the molecule is Cc1ccnc(C(O)Cc2ccoc2)c1. The van der Waals surface area contributed by atoms with Crippen molar-refractivity contribution in [3.05, 3.63) is 53.7 Å². The predicted octanol–water partition coefficient (Wildman–Crippen LogP) is 2.26. The van der Waals surface area contributed by atoms with Crippen LogP contribution in [0, 0.1) is 6.92 Å². The number of aliphatic hydroxyl groups excluding tert-OH is 1. The van der Waals surface area contributed by atoms with Crippen LogP contribution in [0.4, 0.5) is 0 Å². The van der Waals surface area contributed by atoms with E-state index in [1.54, 1.807) is 18.7 Å². The molecule has 0 bridgehead atoms. The number of nitrogens with zero attached hydrogens (tertiary/aromatic N) is 1. The number of furan rings is 1. The van der Waals surface area contributed by atoms with E-state index in [9.17, 15) is 5.11 Å². The van der Waals surface area contributed by atoms with Crippen LogP contribution in [0.15, 0.2) is 41.3 Å². The summed E-state index contributed by atoms with van der Waals surface area (Å²) in [5, 5.41) is 9.91. The van der Waals surface area contributed by atoms with Crippen LogP contribution in [0.1, 0.15) is 22.9 Å². The molecule has 3 nitrogen and oxygen atoms in total. The van der Waals surface area contributed by atoms with Crippen LogP contribution in [0.2, 0.25) is 0 Å². The molecule has 0 fully saturated rings. The molecule has 0 saturated carbocycles. The van der Waals surface area contributed by atoms with Crippen LogP contribution in [0.5, 0.6) is 0 Å². The average molecular weight is 203 g/mol. The number of aryl methyl sites for hydroxylation is 1. The molecule has 2 aromatic heterocycles. The third-order valence-corrected chi connectivity index (χ3v) is 2.29. The summed E-state index contributed by atoms with van der Waals surface area (Å²) in [6, 6.07) is 5.65. The summed E-state index contributed by atoms with van der Waals surface area (Å²) in [6.45, 7) is 1.98. The lowest BCUT2D eigenvalue weighted by Crippen LogP contribution is -2.03. The smallest absolute Gasteiger partial charge is 0.100 e. The van der Waals surface area contributed by atoms with Gasteiger partial charge in [0.25, 0.3) is 0 Å². The van der Waals surface area contributed by atoms with Crippen molar-refractivity contribution in [2.24, 2.45) is 0 Å². The zero-order valence-corrected chi connectivity index (χ0v) is 8.55. The summed E-state index contributed by atoms with van der Waals surface area (Å²) in [4.78, 5) is 4.14. The molecule has 3 heteroatoms. The molecule has 1 N–H and O–H groups in total. The lowest BCUT2D eigenvalue weighted by molar-refractivity contribution is 0.173. The van der Waals surface area contributed by atoms with Gasteiger partial charge < -0.3 is 9.52 Å². The van der Waals surface area contributed by atoms with Gasteiger partial charge in [-0.25, -0.2) is 0 Å². The molecule has 1 atom stereocenters. The maximum atomic E-state index is 9.91. The molecular weight excluding hydrogens is 190 g/mol. The number of hydrogen-bond acceptors (Lipinski definition) is 3. The highest BCUT2D eigenvalue weighted by atomic mass is 16.3. The Morgan fingerprint density at radius 1 is 1.47 bits per heavy atom. The molecule has 15 heavy (non-hydrogen) atoms. The molecule has 0 aliphatic carbocycles. The normalized spacial score (nSPS) is 12.7. The minimum Gasteiger partial charge on any atom is -0.472 e. The highest BCUT2D eigenvalue weighted by Gasteiger charge is 2.10. The average Bonchev–Trinajstić information content (AvgIpc) is 2.70. The van der Waals surface area contributed by atoms with Gasteiger partial charge in [0.2, 0.25) is 0 Å². The minimum absolute atomic E-state index is 0.535. The Morgan fingerprint density at radius 2 is 2.33 bits per heavy atom. The molecule has 78 valence electrons. The van der Waals surface area contributed by atoms with Gasteiger partial charge in [0.1, 0.15) is 6.10 Å². The number of rotatable bonds is 3. The molecule has 0 spiro atoms. The van der Waals surface area contributed by atoms with E-state index in [0.29, 0.717) is 12.1 Å². The van der Waals surface area contributed by atoms with Crippen LogP contribution in [0.3, 0.4) is 0 Å². The standard InChI is InChI=1S/C12H13NO2/c1-9-2-4-13-11(6-9)12(14)7-10-3-5-15-8-10/h2-6,8,12,14H,7H2,1H3. The molecule has 2 rings (SSSR count). The van der Waals surface area contributed by atoms with E-state index in [1.165, 1.54) is 0 Å². The summed E-state index contributed by atoms with van der Waals surface area (Å²) in [6.07, 6.45) is 4.92. The van der Waals surface area contributed by atoms with Crippen molar-refractivity contribution in [3.8, 4) is 0 Å². The van der Waals surface area contributed by atoms with Crippen LogP contribution >= 0.6 is 0 Å². The van der Waals surface area contributed by atoms with Gasteiger partial charge in [-0.15, -0.1) is 0 Å². The molecule has 0 aliphatic heterocycles. The Balaban J connectivity index is 2.11. The van der Waals surface area contributed by atoms with E-state index >= 15 is 0 Å². The summed E-state index contributed by atoms with van der Waals surface area (Å²) in [5.74, 6) is 0. The lowest BCUT2D eigenvalue weighted by atomic mass is 10.1. The lowest BCUT2D eigenvalue weighted by Gasteiger charge is -2.08. The van der Waals surface area contributed by atoms with Crippen LogP contribution < -0.4 is 0 Å². The zero-order valence-electron chi connectivity index (χ0n) is 8.55. The summed E-state index contributed by atoms with van der Waals surface area (Å²) in [5.41, 5.74) is 2.79. The summed E-state index contributed by atoms with van der Waals surface area (Å²) < 4.78 is 4.94. The van der Waals surface area contributed by atoms with E-state index in [-0.39, 0.29) is 0 Å². The largest absolute Gasteiger partial charge is 0.472 e. The van der Waals surface area contributed by atoms with E-state index in [4.69, 9.17) is 4.42 Å². The van der Waals surface area contributed by atoms with Gasteiger partial charge >= 0.3 is 0 Å². The van der Waals surface area contributed by atoms with Crippen molar-refractivity contribution in [1.29, 1.82) is 0 Å². The maximum Gasteiger partial charge on any atom is 0.100 e. The molecule has 0 aliphatic rings. The van der Waals surface area contributed by atoms with Crippen molar-refractivity contribution >= 4 is 0 Å². The number of pyridine rings is 1. The highest BCUT2D eigenvalue weighted by molar-refractivity contribution is 5.18. The van der Waals surface area contributed by atoms with Crippen LogP contribution in [-0.4, -0.2) is 10.1 Å².